The fourth-order valence-corrected chi connectivity index (χ4v) is 1.41. The van der Waals surface area contributed by atoms with E-state index in [0.717, 1.165) is 0 Å². The van der Waals surface area contributed by atoms with E-state index in [4.69, 9.17) is 4.42 Å². The summed E-state index contributed by atoms with van der Waals surface area (Å²) in [5.74, 6) is -0.118. The predicted molar refractivity (Wildman–Crippen MR) is 51.7 cm³/mol. The number of amides is 1. The van der Waals surface area contributed by atoms with Gasteiger partial charge in [-0.25, -0.2) is 0 Å². The molecule has 2 heterocycles. The number of anilines is 1. The molecular weight excluding hydrogens is 198 g/mol. The second kappa shape index (κ2) is 3.72. The van der Waals surface area contributed by atoms with Gasteiger partial charge in [-0.05, 0) is 0 Å². The van der Waals surface area contributed by atoms with E-state index in [1.165, 1.54) is 13.2 Å². The van der Waals surface area contributed by atoms with Crippen molar-refractivity contribution in [2.24, 2.45) is 0 Å². The van der Waals surface area contributed by atoms with Gasteiger partial charge in [0, 0.05) is 20.0 Å². The average Bonchev–Trinajstić information content (AvgIpc) is 2.59. The predicted octanol–water partition coefficient (Wildman–Crippen LogP) is -0.188. The van der Waals surface area contributed by atoms with E-state index in [0.29, 0.717) is 31.2 Å². The van der Waals surface area contributed by atoms with Crippen LogP contribution in [0.2, 0.25) is 0 Å². The molecule has 15 heavy (non-hydrogen) atoms. The van der Waals surface area contributed by atoms with E-state index < -0.39 is 0 Å². The summed E-state index contributed by atoms with van der Waals surface area (Å²) in [7, 11) is 0. The Kier molecular flexibility index (Phi) is 2.40. The summed E-state index contributed by atoms with van der Waals surface area (Å²) in [6.07, 6.45) is 2.02. The van der Waals surface area contributed by atoms with Crippen LogP contribution < -0.4 is 10.2 Å². The smallest absolute Gasteiger partial charge is 0.298 e. The third kappa shape index (κ3) is 1.83. The lowest BCUT2D eigenvalue weighted by Crippen LogP contribution is -2.58. The summed E-state index contributed by atoms with van der Waals surface area (Å²) in [4.78, 5) is 27.0. The van der Waals surface area contributed by atoms with E-state index >= 15 is 0 Å². The Morgan fingerprint density at radius 1 is 1.73 bits per heavy atom. The summed E-state index contributed by atoms with van der Waals surface area (Å²) in [5.41, 5.74) is 0.330. The third-order valence-electron chi connectivity index (χ3n) is 2.31. The summed E-state index contributed by atoms with van der Waals surface area (Å²) in [5, 5.41) is 2.65. The number of rotatable bonds is 4. The van der Waals surface area contributed by atoms with Gasteiger partial charge in [0.2, 0.25) is 6.41 Å². The van der Waals surface area contributed by atoms with Gasteiger partial charge in [0.15, 0.2) is 5.78 Å². The van der Waals surface area contributed by atoms with E-state index in [-0.39, 0.29) is 11.8 Å². The zero-order chi connectivity index (χ0) is 10.8. The average molecular weight is 209 g/mol. The van der Waals surface area contributed by atoms with Gasteiger partial charge in [0.05, 0.1) is 6.04 Å². The van der Waals surface area contributed by atoms with Crippen molar-refractivity contribution in [3.8, 4) is 0 Å². The molecule has 1 amide bonds. The highest BCUT2D eigenvalue weighted by molar-refractivity contribution is 5.92. The lowest BCUT2D eigenvalue weighted by Gasteiger charge is -2.37. The van der Waals surface area contributed by atoms with Gasteiger partial charge >= 0.3 is 0 Å². The van der Waals surface area contributed by atoms with Crippen molar-refractivity contribution < 1.29 is 14.0 Å². The molecule has 0 bridgehead atoms. The van der Waals surface area contributed by atoms with Gasteiger partial charge in [-0.3, -0.25) is 9.59 Å². The largest absolute Gasteiger partial charge is 0.431 e. The molecule has 6 heteroatoms. The number of oxazole rings is 1. The van der Waals surface area contributed by atoms with Crippen LogP contribution in [0.4, 0.5) is 6.01 Å². The molecule has 1 saturated heterocycles. The quantitative estimate of drug-likeness (QED) is 0.549. The van der Waals surface area contributed by atoms with Gasteiger partial charge in [-0.1, -0.05) is 0 Å². The summed E-state index contributed by atoms with van der Waals surface area (Å²) >= 11 is 0. The standard InChI is InChI=1S/C9H11N3O3/c1-6(14)8-4-15-9(11-8)12-2-7(3-12)10-5-13/h4-5,7H,2-3H2,1H3,(H,10,13). The fourth-order valence-electron chi connectivity index (χ4n) is 1.41. The molecule has 0 aliphatic carbocycles. The van der Waals surface area contributed by atoms with Crippen LogP contribution in [0.1, 0.15) is 17.4 Å². The molecular formula is C9H11N3O3. The van der Waals surface area contributed by atoms with E-state index in [1.807, 2.05) is 4.90 Å². The molecule has 1 aliphatic heterocycles. The summed E-state index contributed by atoms with van der Waals surface area (Å²) in [6, 6.07) is 0.583. The number of aromatic nitrogens is 1. The SMILES string of the molecule is CC(=O)c1coc(N2CC(NC=O)C2)n1. The van der Waals surface area contributed by atoms with Crippen molar-refractivity contribution in [1.29, 1.82) is 0 Å². The van der Waals surface area contributed by atoms with E-state index in [9.17, 15) is 9.59 Å². The van der Waals surface area contributed by atoms with Crippen LogP contribution >= 0.6 is 0 Å². The van der Waals surface area contributed by atoms with Crippen LogP contribution in [0.5, 0.6) is 0 Å². The lowest BCUT2D eigenvalue weighted by molar-refractivity contribution is -0.110. The minimum atomic E-state index is -0.118. The highest BCUT2D eigenvalue weighted by atomic mass is 16.4. The van der Waals surface area contributed by atoms with Gasteiger partial charge in [-0.2, -0.15) is 4.98 Å². The number of nitrogens with zero attached hydrogens (tertiary/aromatic N) is 2. The number of Topliss-reactive ketones (excluding diaryl/α,β-unsaturated/α-hetero) is 1. The molecule has 1 aromatic rings. The second-order valence-corrected chi connectivity index (χ2v) is 3.46. The fraction of sp³-hybridized carbons (Fsp3) is 0.444. The van der Waals surface area contributed by atoms with Gasteiger partial charge in [0.25, 0.3) is 6.01 Å². The minimum absolute atomic E-state index is 0.118. The molecule has 0 saturated carbocycles. The van der Waals surface area contributed by atoms with Crippen LogP contribution in [0.15, 0.2) is 10.7 Å². The van der Waals surface area contributed by atoms with Gasteiger partial charge in [-0.15, -0.1) is 0 Å². The Hall–Kier alpha value is -1.85. The molecule has 1 N–H and O–H groups in total. The first-order valence-electron chi connectivity index (χ1n) is 4.62. The van der Waals surface area contributed by atoms with Crippen LogP contribution in [-0.2, 0) is 4.79 Å². The molecule has 6 nitrogen and oxygen atoms in total. The minimum Gasteiger partial charge on any atom is -0.431 e. The number of hydrogen-bond donors (Lipinski definition) is 1. The van der Waals surface area contributed by atoms with Gasteiger partial charge in [0.1, 0.15) is 12.0 Å². The van der Waals surface area contributed by atoms with Crippen molar-refractivity contribution in [2.45, 2.75) is 13.0 Å². The van der Waals surface area contributed by atoms with Crippen molar-refractivity contribution in [3.05, 3.63) is 12.0 Å². The van der Waals surface area contributed by atoms with Gasteiger partial charge < -0.3 is 14.6 Å². The van der Waals surface area contributed by atoms with E-state index in [1.54, 1.807) is 0 Å². The normalized spacial score (nSPS) is 15.9. The zero-order valence-corrected chi connectivity index (χ0v) is 8.27. The Labute approximate surface area is 86.3 Å². The molecule has 0 spiro atoms. The molecule has 0 radical (unpaired) electrons. The maximum Gasteiger partial charge on any atom is 0.298 e. The third-order valence-corrected chi connectivity index (χ3v) is 2.31. The Balaban J connectivity index is 1.95. The Bertz CT molecular complexity index is 382. The highest BCUT2D eigenvalue weighted by Crippen LogP contribution is 2.19. The molecule has 0 atom stereocenters. The molecule has 0 unspecified atom stereocenters. The lowest BCUT2D eigenvalue weighted by atomic mass is 10.1. The first kappa shape index (κ1) is 9.70. The topological polar surface area (TPSA) is 75.4 Å². The first-order chi connectivity index (χ1) is 7.20. The number of ketones is 1. The Morgan fingerprint density at radius 3 is 3.00 bits per heavy atom. The first-order valence-corrected chi connectivity index (χ1v) is 4.62. The van der Waals surface area contributed by atoms with Crippen molar-refractivity contribution in [2.75, 3.05) is 18.0 Å². The Morgan fingerprint density at radius 2 is 2.47 bits per heavy atom. The number of carbonyl (C=O) groups excluding carboxylic acids is 2. The van der Waals surface area contributed by atoms with Crippen molar-refractivity contribution in [3.63, 3.8) is 0 Å². The maximum atomic E-state index is 11.0. The molecule has 2 rings (SSSR count). The zero-order valence-electron chi connectivity index (χ0n) is 8.27. The van der Waals surface area contributed by atoms with E-state index in [2.05, 4.69) is 10.3 Å². The second-order valence-electron chi connectivity index (χ2n) is 3.46. The van der Waals surface area contributed by atoms with Crippen LogP contribution in [0.3, 0.4) is 0 Å². The summed E-state index contributed by atoms with van der Waals surface area (Å²) in [6.45, 7) is 2.77. The number of carbonyl (C=O) groups is 2. The molecule has 0 aromatic carbocycles. The highest BCUT2D eigenvalue weighted by Gasteiger charge is 2.29. The van der Waals surface area contributed by atoms with Crippen LogP contribution in [-0.4, -0.2) is 36.3 Å². The maximum absolute atomic E-state index is 11.0. The van der Waals surface area contributed by atoms with Crippen LogP contribution in [0, 0.1) is 0 Å². The van der Waals surface area contributed by atoms with Crippen molar-refractivity contribution >= 4 is 18.2 Å². The molecule has 1 aromatic heterocycles. The monoisotopic (exact) mass is 209 g/mol. The molecule has 1 fully saturated rings. The molecule has 80 valence electrons. The van der Waals surface area contributed by atoms with Crippen molar-refractivity contribution in [1.82, 2.24) is 10.3 Å². The number of nitrogens with one attached hydrogen (secondary N) is 1. The summed E-state index contributed by atoms with van der Waals surface area (Å²) < 4.78 is 5.13. The van der Waals surface area contributed by atoms with Crippen LogP contribution in [0.25, 0.3) is 0 Å². The number of hydrogen-bond acceptors (Lipinski definition) is 5. The molecule has 1 aliphatic rings.